The van der Waals surface area contributed by atoms with E-state index < -0.39 is 0 Å². The smallest absolute Gasteiger partial charge is 0.0555 e. The first-order valence-electron chi connectivity index (χ1n) is 6.30. The molecule has 2 aromatic rings. The maximum absolute atomic E-state index is 3.60. The van der Waals surface area contributed by atoms with E-state index in [0.29, 0.717) is 6.04 Å². The summed E-state index contributed by atoms with van der Waals surface area (Å²) in [7, 11) is 0. The molecule has 86 valence electrons. The van der Waals surface area contributed by atoms with Gasteiger partial charge < -0.3 is 5.32 Å². The molecular weight excluding hydrogens is 206 g/mol. The van der Waals surface area contributed by atoms with Crippen molar-refractivity contribution in [3.8, 4) is 0 Å². The minimum atomic E-state index is 0.443. The van der Waals surface area contributed by atoms with Gasteiger partial charge in [-0.3, -0.25) is 0 Å². The second-order valence-corrected chi connectivity index (χ2v) is 4.66. The van der Waals surface area contributed by atoms with Gasteiger partial charge in [-0.2, -0.15) is 0 Å². The van der Waals surface area contributed by atoms with Crippen LogP contribution in [0.2, 0.25) is 0 Å². The second-order valence-electron chi connectivity index (χ2n) is 4.66. The number of rotatable bonds is 2. The molecule has 0 saturated heterocycles. The van der Waals surface area contributed by atoms with Crippen molar-refractivity contribution in [1.82, 2.24) is 0 Å². The minimum Gasteiger partial charge on any atom is -0.378 e. The Labute approximate surface area is 102 Å². The van der Waals surface area contributed by atoms with Gasteiger partial charge in [0.1, 0.15) is 0 Å². The van der Waals surface area contributed by atoms with Gasteiger partial charge in [-0.1, -0.05) is 49.4 Å². The fourth-order valence-electron chi connectivity index (χ4n) is 2.52. The zero-order valence-corrected chi connectivity index (χ0v) is 10.1. The summed E-state index contributed by atoms with van der Waals surface area (Å²) in [6.45, 7) is 2.21. The maximum Gasteiger partial charge on any atom is 0.0555 e. The zero-order valence-electron chi connectivity index (χ0n) is 10.1. The molecular formula is C16H17N. The molecule has 2 aromatic carbocycles. The molecule has 1 N–H and O–H groups in total. The SMILES string of the molecule is CCc1ccc2c(c1)CC(c1ccccc1)N2. The lowest BCUT2D eigenvalue weighted by Gasteiger charge is -2.10. The van der Waals surface area contributed by atoms with Gasteiger partial charge in [-0.05, 0) is 35.6 Å². The van der Waals surface area contributed by atoms with E-state index in [0.717, 1.165) is 12.8 Å². The van der Waals surface area contributed by atoms with Crippen LogP contribution in [0.5, 0.6) is 0 Å². The zero-order chi connectivity index (χ0) is 11.7. The molecule has 1 nitrogen and oxygen atoms in total. The number of anilines is 1. The number of hydrogen-bond acceptors (Lipinski definition) is 1. The molecule has 1 atom stereocenters. The summed E-state index contributed by atoms with van der Waals surface area (Å²) >= 11 is 0. The van der Waals surface area contributed by atoms with Gasteiger partial charge in [0.25, 0.3) is 0 Å². The van der Waals surface area contributed by atoms with Crippen LogP contribution in [-0.4, -0.2) is 0 Å². The average molecular weight is 223 g/mol. The van der Waals surface area contributed by atoms with Crippen LogP contribution in [0.4, 0.5) is 5.69 Å². The van der Waals surface area contributed by atoms with E-state index in [1.807, 2.05) is 0 Å². The number of benzene rings is 2. The maximum atomic E-state index is 3.60. The van der Waals surface area contributed by atoms with E-state index in [4.69, 9.17) is 0 Å². The van der Waals surface area contributed by atoms with Gasteiger partial charge in [-0.15, -0.1) is 0 Å². The molecule has 0 aliphatic carbocycles. The van der Waals surface area contributed by atoms with Gasteiger partial charge in [0, 0.05) is 5.69 Å². The van der Waals surface area contributed by atoms with Gasteiger partial charge in [0.2, 0.25) is 0 Å². The lowest BCUT2D eigenvalue weighted by atomic mass is 10.0. The van der Waals surface area contributed by atoms with Crippen LogP contribution in [0.1, 0.15) is 29.7 Å². The van der Waals surface area contributed by atoms with Crippen molar-refractivity contribution in [2.75, 3.05) is 5.32 Å². The summed E-state index contributed by atoms with van der Waals surface area (Å²) in [6, 6.07) is 17.9. The van der Waals surface area contributed by atoms with Crippen molar-refractivity contribution in [3.05, 3.63) is 65.2 Å². The molecule has 0 spiro atoms. The molecule has 1 heterocycles. The van der Waals surface area contributed by atoms with Crippen molar-refractivity contribution in [2.45, 2.75) is 25.8 Å². The van der Waals surface area contributed by atoms with Crippen molar-refractivity contribution >= 4 is 5.69 Å². The predicted molar refractivity (Wildman–Crippen MR) is 72.3 cm³/mol. The summed E-state index contributed by atoms with van der Waals surface area (Å²) in [5.41, 5.74) is 5.57. The molecule has 0 aromatic heterocycles. The Bertz CT molecular complexity index is 516. The third-order valence-corrected chi connectivity index (χ3v) is 3.53. The highest BCUT2D eigenvalue weighted by Gasteiger charge is 2.21. The second kappa shape index (κ2) is 4.25. The van der Waals surface area contributed by atoms with E-state index in [-0.39, 0.29) is 0 Å². The van der Waals surface area contributed by atoms with Crippen LogP contribution >= 0.6 is 0 Å². The van der Waals surface area contributed by atoms with Gasteiger partial charge >= 0.3 is 0 Å². The Morgan fingerprint density at radius 1 is 1.12 bits per heavy atom. The topological polar surface area (TPSA) is 12.0 Å². The van der Waals surface area contributed by atoms with E-state index in [1.54, 1.807) is 0 Å². The Kier molecular flexibility index (Phi) is 2.60. The molecule has 1 aliphatic heterocycles. The number of hydrogen-bond donors (Lipinski definition) is 1. The Morgan fingerprint density at radius 3 is 2.71 bits per heavy atom. The monoisotopic (exact) mass is 223 g/mol. The van der Waals surface area contributed by atoms with Crippen LogP contribution in [0.3, 0.4) is 0 Å². The molecule has 0 saturated carbocycles. The lowest BCUT2D eigenvalue weighted by Crippen LogP contribution is -2.04. The van der Waals surface area contributed by atoms with Crippen LogP contribution in [0.15, 0.2) is 48.5 Å². The van der Waals surface area contributed by atoms with Crippen molar-refractivity contribution in [2.24, 2.45) is 0 Å². The highest BCUT2D eigenvalue weighted by Crippen LogP contribution is 2.34. The Balaban J connectivity index is 1.88. The molecule has 17 heavy (non-hydrogen) atoms. The first-order chi connectivity index (χ1) is 8.36. The first-order valence-corrected chi connectivity index (χ1v) is 6.30. The highest BCUT2D eigenvalue weighted by molar-refractivity contribution is 5.59. The molecule has 1 unspecified atom stereocenters. The summed E-state index contributed by atoms with van der Waals surface area (Å²) < 4.78 is 0. The summed E-state index contributed by atoms with van der Waals surface area (Å²) in [4.78, 5) is 0. The van der Waals surface area contributed by atoms with E-state index >= 15 is 0 Å². The van der Waals surface area contributed by atoms with Gasteiger partial charge in [0.05, 0.1) is 6.04 Å². The summed E-state index contributed by atoms with van der Waals surface area (Å²) in [5.74, 6) is 0. The van der Waals surface area contributed by atoms with Crippen molar-refractivity contribution in [3.63, 3.8) is 0 Å². The molecule has 1 aliphatic rings. The molecule has 3 rings (SSSR count). The van der Waals surface area contributed by atoms with Crippen LogP contribution < -0.4 is 5.32 Å². The number of aryl methyl sites for hydroxylation is 1. The van der Waals surface area contributed by atoms with Gasteiger partial charge in [-0.25, -0.2) is 0 Å². The van der Waals surface area contributed by atoms with Crippen LogP contribution in [0.25, 0.3) is 0 Å². The summed E-state index contributed by atoms with van der Waals surface area (Å²) in [5, 5.41) is 3.60. The van der Waals surface area contributed by atoms with E-state index in [1.165, 1.54) is 22.4 Å². The third-order valence-electron chi connectivity index (χ3n) is 3.53. The predicted octanol–water partition coefficient (Wildman–Crippen LogP) is 3.96. The minimum absolute atomic E-state index is 0.443. The normalized spacial score (nSPS) is 17.6. The molecule has 0 radical (unpaired) electrons. The Hall–Kier alpha value is -1.76. The Morgan fingerprint density at radius 2 is 1.94 bits per heavy atom. The number of nitrogens with one attached hydrogen (secondary N) is 1. The summed E-state index contributed by atoms with van der Waals surface area (Å²) in [6.07, 6.45) is 2.22. The average Bonchev–Trinajstić information content (AvgIpc) is 2.82. The largest absolute Gasteiger partial charge is 0.378 e. The fraction of sp³-hybridized carbons (Fsp3) is 0.250. The molecule has 0 amide bonds. The standard InChI is InChI=1S/C16H17N/c1-2-12-8-9-15-14(10-12)11-16(17-15)13-6-4-3-5-7-13/h3-10,16-17H,2,11H2,1H3. The molecule has 0 bridgehead atoms. The van der Waals surface area contributed by atoms with E-state index in [9.17, 15) is 0 Å². The van der Waals surface area contributed by atoms with Crippen LogP contribution in [0, 0.1) is 0 Å². The lowest BCUT2D eigenvalue weighted by molar-refractivity contribution is 0.823. The number of fused-ring (bicyclic) bond motifs is 1. The third kappa shape index (κ3) is 1.93. The van der Waals surface area contributed by atoms with Crippen molar-refractivity contribution in [1.29, 1.82) is 0 Å². The quantitative estimate of drug-likeness (QED) is 0.812. The highest BCUT2D eigenvalue weighted by atomic mass is 14.9. The fourth-order valence-corrected chi connectivity index (χ4v) is 2.52. The molecule has 1 heteroatoms. The first kappa shape index (κ1) is 10.4. The molecule has 0 fully saturated rings. The van der Waals surface area contributed by atoms with Crippen LogP contribution in [-0.2, 0) is 12.8 Å². The van der Waals surface area contributed by atoms with E-state index in [2.05, 4.69) is 60.8 Å². The van der Waals surface area contributed by atoms with Gasteiger partial charge in [0.15, 0.2) is 0 Å². The van der Waals surface area contributed by atoms with Crippen molar-refractivity contribution < 1.29 is 0 Å².